The first-order chi connectivity index (χ1) is 13.4. The second kappa shape index (κ2) is 9.36. The maximum absolute atomic E-state index is 12.5. The number of piperazine rings is 1. The first kappa shape index (κ1) is 20.6. The minimum Gasteiger partial charge on any atom is -0.468 e. The van der Waals surface area contributed by atoms with Crippen LogP contribution in [0.3, 0.4) is 0 Å². The summed E-state index contributed by atoms with van der Waals surface area (Å²) < 4.78 is 34.3. The van der Waals surface area contributed by atoms with E-state index in [1.165, 1.54) is 18.2 Å². The Labute approximate surface area is 167 Å². The molecule has 1 aliphatic rings. The molecule has 3 rings (SSSR count). The fourth-order valence-corrected chi connectivity index (χ4v) is 3.34. The molecule has 6 nitrogen and oxygen atoms in total. The Morgan fingerprint density at radius 3 is 2.64 bits per heavy atom. The number of carbonyl (C=O) groups excluding carboxylic acids is 1. The summed E-state index contributed by atoms with van der Waals surface area (Å²) in [6.07, 6.45) is 1.66. The predicted octanol–water partition coefficient (Wildman–Crippen LogP) is 3.68. The van der Waals surface area contributed by atoms with Crippen LogP contribution in [-0.4, -0.2) is 54.5 Å². The zero-order valence-corrected chi connectivity index (χ0v) is 16.2. The van der Waals surface area contributed by atoms with Crippen molar-refractivity contribution in [2.75, 3.05) is 31.5 Å². The van der Waals surface area contributed by atoms with E-state index in [0.717, 1.165) is 38.5 Å². The van der Waals surface area contributed by atoms with Crippen molar-refractivity contribution < 1.29 is 22.7 Å². The minimum absolute atomic E-state index is 0.0114. The number of ether oxygens (including phenoxy) is 1. The van der Waals surface area contributed by atoms with Gasteiger partial charge < -0.3 is 14.5 Å². The van der Waals surface area contributed by atoms with Crippen LogP contribution < -0.4 is 10.1 Å². The normalized spacial score (nSPS) is 16.9. The number of anilines is 1. The maximum atomic E-state index is 12.5. The molecule has 1 saturated heterocycles. The third-order valence-electron chi connectivity index (χ3n) is 4.71. The Morgan fingerprint density at radius 1 is 1.29 bits per heavy atom. The number of amides is 1. The van der Waals surface area contributed by atoms with Crippen molar-refractivity contribution in [3.8, 4) is 5.75 Å². The first-order valence-corrected chi connectivity index (χ1v) is 9.34. The quantitative estimate of drug-likeness (QED) is 0.750. The number of nitrogens with zero attached hydrogens (tertiary/aromatic N) is 2. The molecular weight excluding hydrogens is 392 g/mol. The number of benzene rings is 1. The van der Waals surface area contributed by atoms with Crippen molar-refractivity contribution in [3.05, 3.63) is 47.4 Å². The number of nitrogens with one attached hydrogen (secondary N) is 1. The predicted molar refractivity (Wildman–Crippen MR) is 102 cm³/mol. The highest BCUT2D eigenvalue weighted by Crippen LogP contribution is 2.29. The summed E-state index contributed by atoms with van der Waals surface area (Å²) in [4.78, 5) is 16.9. The van der Waals surface area contributed by atoms with E-state index in [1.807, 2.05) is 19.1 Å². The third kappa shape index (κ3) is 5.43. The lowest BCUT2D eigenvalue weighted by Gasteiger charge is -2.37. The molecule has 0 aliphatic carbocycles. The van der Waals surface area contributed by atoms with Crippen molar-refractivity contribution in [3.63, 3.8) is 0 Å². The second-order valence-corrected chi connectivity index (χ2v) is 6.99. The van der Waals surface area contributed by atoms with Gasteiger partial charge in [0.1, 0.15) is 11.5 Å². The van der Waals surface area contributed by atoms with Crippen LogP contribution in [-0.2, 0) is 11.3 Å². The van der Waals surface area contributed by atoms with E-state index in [1.54, 1.807) is 6.26 Å². The highest BCUT2D eigenvalue weighted by molar-refractivity contribution is 6.32. The molecule has 0 bridgehead atoms. The molecule has 1 aromatic heterocycles. The lowest BCUT2D eigenvalue weighted by Crippen LogP contribution is -2.52. The Balaban J connectivity index is 1.50. The molecule has 1 atom stereocenters. The van der Waals surface area contributed by atoms with Gasteiger partial charge in [-0.25, -0.2) is 0 Å². The fraction of sp³-hybridized carbons (Fsp3) is 0.421. The van der Waals surface area contributed by atoms with Crippen LogP contribution in [0.15, 0.2) is 41.0 Å². The zero-order chi connectivity index (χ0) is 20.1. The van der Waals surface area contributed by atoms with Crippen molar-refractivity contribution in [1.29, 1.82) is 0 Å². The van der Waals surface area contributed by atoms with Gasteiger partial charge in [-0.15, -0.1) is 0 Å². The largest absolute Gasteiger partial charge is 0.468 e. The number of alkyl halides is 2. The van der Waals surface area contributed by atoms with Crippen LogP contribution in [0.25, 0.3) is 0 Å². The number of carbonyl (C=O) groups is 1. The Hall–Kier alpha value is -2.16. The summed E-state index contributed by atoms with van der Waals surface area (Å²) >= 11 is 5.93. The summed E-state index contributed by atoms with van der Waals surface area (Å²) in [6, 6.07) is 7.67. The van der Waals surface area contributed by atoms with E-state index in [-0.39, 0.29) is 22.7 Å². The number of hydrogen-bond donors (Lipinski definition) is 1. The van der Waals surface area contributed by atoms with Gasteiger partial charge in [0.25, 0.3) is 0 Å². The molecule has 152 valence electrons. The Morgan fingerprint density at radius 2 is 2.04 bits per heavy atom. The van der Waals surface area contributed by atoms with Gasteiger partial charge in [-0.05, 0) is 37.3 Å². The summed E-state index contributed by atoms with van der Waals surface area (Å²) in [5, 5.41) is 2.78. The molecule has 2 aromatic rings. The summed E-state index contributed by atoms with van der Waals surface area (Å²) in [5.74, 6) is 0.615. The summed E-state index contributed by atoms with van der Waals surface area (Å²) in [5.41, 5.74) is 0.430. The van der Waals surface area contributed by atoms with Crippen LogP contribution in [0.1, 0.15) is 12.7 Å². The molecular formula is C19H22ClF2N3O3. The van der Waals surface area contributed by atoms with Crippen LogP contribution in [0.5, 0.6) is 5.75 Å². The Bertz CT molecular complexity index is 781. The molecule has 1 unspecified atom stereocenters. The maximum Gasteiger partial charge on any atom is 0.387 e. The summed E-state index contributed by atoms with van der Waals surface area (Å²) in [7, 11) is 0. The van der Waals surface area contributed by atoms with Crippen molar-refractivity contribution in [2.24, 2.45) is 0 Å². The smallest absolute Gasteiger partial charge is 0.387 e. The van der Waals surface area contributed by atoms with Gasteiger partial charge in [0, 0.05) is 31.9 Å². The zero-order valence-electron chi connectivity index (χ0n) is 15.4. The SMILES string of the molecule is CC(C(=O)Nc1ccc(OC(F)F)c(Cl)c1)N1CCN(Cc2ccco2)CC1. The number of hydrogen-bond acceptors (Lipinski definition) is 5. The Kier molecular flexibility index (Phi) is 6.88. The molecule has 28 heavy (non-hydrogen) atoms. The van der Waals surface area contributed by atoms with Crippen molar-refractivity contribution in [2.45, 2.75) is 26.1 Å². The highest BCUT2D eigenvalue weighted by atomic mass is 35.5. The van der Waals surface area contributed by atoms with Crippen LogP contribution in [0.4, 0.5) is 14.5 Å². The van der Waals surface area contributed by atoms with E-state index in [0.29, 0.717) is 5.69 Å². The molecule has 0 radical (unpaired) electrons. The molecule has 1 fully saturated rings. The van der Waals surface area contributed by atoms with E-state index in [9.17, 15) is 13.6 Å². The number of rotatable bonds is 7. The summed E-state index contributed by atoms with van der Waals surface area (Å²) in [6.45, 7) is 2.84. The van der Waals surface area contributed by atoms with E-state index < -0.39 is 6.61 Å². The average Bonchev–Trinajstić information content (AvgIpc) is 3.17. The van der Waals surface area contributed by atoms with E-state index in [4.69, 9.17) is 16.0 Å². The first-order valence-electron chi connectivity index (χ1n) is 8.96. The molecule has 0 spiro atoms. The third-order valence-corrected chi connectivity index (χ3v) is 5.00. The topological polar surface area (TPSA) is 58.0 Å². The van der Waals surface area contributed by atoms with Crippen molar-refractivity contribution >= 4 is 23.2 Å². The highest BCUT2D eigenvalue weighted by Gasteiger charge is 2.26. The minimum atomic E-state index is -2.95. The molecule has 1 aliphatic heterocycles. The monoisotopic (exact) mass is 413 g/mol. The molecule has 1 N–H and O–H groups in total. The lowest BCUT2D eigenvalue weighted by atomic mass is 10.2. The van der Waals surface area contributed by atoms with Gasteiger partial charge in [-0.2, -0.15) is 8.78 Å². The average molecular weight is 414 g/mol. The van der Waals surface area contributed by atoms with Crippen LogP contribution in [0, 0.1) is 0 Å². The number of furan rings is 1. The van der Waals surface area contributed by atoms with Gasteiger partial charge in [0.15, 0.2) is 0 Å². The molecule has 0 saturated carbocycles. The molecule has 2 heterocycles. The van der Waals surface area contributed by atoms with Crippen LogP contribution in [0.2, 0.25) is 5.02 Å². The van der Waals surface area contributed by atoms with E-state index in [2.05, 4.69) is 19.9 Å². The molecule has 1 aromatic carbocycles. The van der Waals surface area contributed by atoms with Crippen LogP contribution >= 0.6 is 11.6 Å². The number of halogens is 3. The lowest BCUT2D eigenvalue weighted by molar-refractivity contribution is -0.121. The van der Waals surface area contributed by atoms with Gasteiger partial charge in [0.2, 0.25) is 5.91 Å². The van der Waals surface area contributed by atoms with Crippen molar-refractivity contribution in [1.82, 2.24) is 9.80 Å². The molecule has 1 amide bonds. The van der Waals surface area contributed by atoms with Gasteiger partial charge in [0.05, 0.1) is 23.9 Å². The second-order valence-electron chi connectivity index (χ2n) is 6.58. The van der Waals surface area contributed by atoms with Gasteiger partial charge >= 0.3 is 6.61 Å². The van der Waals surface area contributed by atoms with E-state index >= 15 is 0 Å². The standard InChI is InChI=1S/C19H22ClF2N3O3/c1-13(25-8-6-24(7-9-25)12-15-3-2-10-27-15)18(26)23-14-4-5-17(16(20)11-14)28-19(21)22/h2-5,10-11,13,19H,6-9,12H2,1H3,(H,23,26). The van der Waals surface area contributed by atoms with Gasteiger partial charge in [-0.1, -0.05) is 11.6 Å². The fourth-order valence-electron chi connectivity index (χ4n) is 3.11. The molecule has 9 heteroatoms. The van der Waals surface area contributed by atoms with Gasteiger partial charge in [-0.3, -0.25) is 14.6 Å².